The average molecular weight is 356 g/mol. The van der Waals surface area contributed by atoms with Gasteiger partial charge in [0.25, 0.3) is 5.91 Å². The number of aryl methyl sites for hydroxylation is 1. The number of piperazine rings is 1. The normalized spacial score (nSPS) is 16.1. The summed E-state index contributed by atoms with van der Waals surface area (Å²) in [5.74, 6) is 0.578. The molecule has 0 unspecified atom stereocenters. The zero-order valence-corrected chi connectivity index (χ0v) is 16.1. The fourth-order valence-electron chi connectivity index (χ4n) is 3.43. The standard InChI is InChI=1S/C20H28N4O2/c1-14-11-16(5-6-22-14)24-9-7-23(8-10-24)13-15-12-17(19(21)25)26-18(15)20(2,3)4/h5-6,11-12H,7-10,13H2,1-4H3,(H2,21,25). The topological polar surface area (TPSA) is 75.6 Å². The highest BCUT2D eigenvalue weighted by Gasteiger charge is 2.27. The summed E-state index contributed by atoms with van der Waals surface area (Å²) in [6, 6.07) is 6.00. The Morgan fingerprint density at radius 2 is 1.92 bits per heavy atom. The van der Waals surface area contributed by atoms with E-state index in [1.165, 1.54) is 5.69 Å². The first kappa shape index (κ1) is 18.5. The number of nitrogens with two attached hydrogens (primary N) is 1. The number of furan rings is 1. The molecule has 1 fully saturated rings. The Morgan fingerprint density at radius 1 is 1.23 bits per heavy atom. The third kappa shape index (κ3) is 4.07. The first-order valence-electron chi connectivity index (χ1n) is 9.07. The lowest BCUT2D eigenvalue weighted by Crippen LogP contribution is -2.46. The van der Waals surface area contributed by atoms with Crippen molar-refractivity contribution in [1.29, 1.82) is 0 Å². The van der Waals surface area contributed by atoms with E-state index in [4.69, 9.17) is 10.2 Å². The maximum atomic E-state index is 11.5. The minimum Gasteiger partial charge on any atom is -0.455 e. The third-order valence-electron chi connectivity index (χ3n) is 4.74. The zero-order valence-electron chi connectivity index (χ0n) is 16.1. The van der Waals surface area contributed by atoms with E-state index in [-0.39, 0.29) is 11.2 Å². The lowest BCUT2D eigenvalue weighted by atomic mass is 9.90. The number of hydrogen-bond donors (Lipinski definition) is 1. The lowest BCUT2D eigenvalue weighted by Gasteiger charge is -2.36. The minimum atomic E-state index is -0.514. The first-order chi connectivity index (χ1) is 12.2. The van der Waals surface area contributed by atoms with Gasteiger partial charge in [0.1, 0.15) is 5.76 Å². The van der Waals surface area contributed by atoms with Crippen LogP contribution in [0.1, 0.15) is 48.3 Å². The first-order valence-corrected chi connectivity index (χ1v) is 9.07. The second kappa shape index (κ2) is 7.11. The molecule has 0 saturated carbocycles. The minimum absolute atomic E-state index is 0.167. The van der Waals surface area contributed by atoms with E-state index < -0.39 is 5.91 Å². The van der Waals surface area contributed by atoms with Crippen molar-refractivity contribution >= 4 is 11.6 Å². The molecule has 0 bridgehead atoms. The Hall–Kier alpha value is -2.34. The number of carbonyl (C=O) groups is 1. The maximum absolute atomic E-state index is 11.5. The fraction of sp³-hybridized carbons (Fsp3) is 0.500. The smallest absolute Gasteiger partial charge is 0.284 e. The van der Waals surface area contributed by atoms with Crippen molar-refractivity contribution in [2.75, 3.05) is 31.1 Å². The second-order valence-corrected chi connectivity index (χ2v) is 8.00. The molecule has 3 rings (SSSR count). The molecular formula is C20H28N4O2. The Bertz CT molecular complexity index is 783. The molecule has 1 aliphatic heterocycles. The van der Waals surface area contributed by atoms with Crippen LogP contribution in [0.2, 0.25) is 0 Å². The van der Waals surface area contributed by atoms with Gasteiger partial charge in [-0.05, 0) is 25.1 Å². The van der Waals surface area contributed by atoms with Crippen LogP contribution in [-0.4, -0.2) is 42.0 Å². The third-order valence-corrected chi connectivity index (χ3v) is 4.74. The highest BCUT2D eigenvalue weighted by Crippen LogP contribution is 2.30. The monoisotopic (exact) mass is 356 g/mol. The molecule has 0 aromatic carbocycles. The number of carbonyl (C=O) groups excluding carboxylic acids is 1. The van der Waals surface area contributed by atoms with Crippen molar-refractivity contribution < 1.29 is 9.21 Å². The van der Waals surface area contributed by atoms with Gasteiger partial charge in [0.15, 0.2) is 5.76 Å². The molecule has 1 aliphatic rings. The van der Waals surface area contributed by atoms with Crippen LogP contribution >= 0.6 is 0 Å². The Morgan fingerprint density at radius 3 is 2.50 bits per heavy atom. The highest BCUT2D eigenvalue weighted by atomic mass is 16.4. The summed E-state index contributed by atoms with van der Waals surface area (Å²) < 4.78 is 5.77. The van der Waals surface area contributed by atoms with Gasteiger partial charge in [-0.25, -0.2) is 0 Å². The van der Waals surface area contributed by atoms with Crippen molar-refractivity contribution in [3.63, 3.8) is 0 Å². The summed E-state index contributed by atoms with van der Waals surface area (Å²) in [7, 11) is 0. The largest absolute Gasteiger partial charge is 0.455 e. The molecule has 1 amide bonds. The lowest BCUT2D eigenvalue weighted by molar-refractivity contribution is 0.0970. The summed E-state index contributed by atoms with van der Waals surface area (Å²) in [6.07, 6.45) is 1.86. The van der Waals surface area contributed by atoms with Gasteiger partial charge in [-0.3, -0.25) is 14.7 Å². The van der Waals surface area contributed by atoms with E-state index in [0.29, 0.717) is 0 Å². The van der Waals surface area contributed by atoms with E-state index in [9.17, 15) is 4.79 Å². The van der Waals surface area contributed by atoms with Crippen LogP contribution in [-0.2, 0) is 12.0 Å². The number of anilines is 1. The van der Waals surface area contributed by atoms with Crippen LogP contribution in [0.3, 0.4) is 0 Å². The molecule has 0 radical (unpaired) electrons. The van der Waals surface area contributed by atoms with Crippen LogP contribution in [0.15, 0.2) is 28.8 Å². The van der Waals surface area contributed by atoms with Crippen LogP contribution < -0.4 is 10.6 Å². The molecule has 0 aliphatic carbocycles. The van der Waals surface area contributed by atoms with Crippen LogP contribution in [0, 0.1) is 6.92 Å². The Kier molecular flexibility index (Phi) is 5.05. The van der Waals surface area contributed by atoms with E-state index >= 15 is 0 Å². The van der Waals surface area contributed by atoms with Gasteiger partial charge >= 0.3 is 0 Å². The Balaban J connectivity index is 1.69. The molecule has 0 spiro atoms. The van der Waals surface area contributed by atoms with Crippen molar-refractivity contribution in [1.82, 2.24) is 9.88 Å². The number of pyridine rings is 1. The summed E-state index contributed by atoms with van der Waals surface area (Å²) in [5.41, 5.74) is 8.56. The Labute approximate surface area is 155 Å². The summed E-state index contributed by atoms with van der Waals surface area (Å²) in [6.45, 7) is 12.9. The van der Waals surface area contributed by atoms with Crippen LogP contribution in [0.4, 0.5) is 5.69 Å². The molecule has 6 nitrogen and oxygen atoms in total. The van der Waals surface area contributed by atoms with E-state index in [0.717, 1.165) is 49.7 Å². The van der Waals surface area contributed by atoms with E-state index in [2.05, 4.69) is 47.7 Å². The number of aromatic nitrogens is 1. The summed E-state index contributed by atoms with van der Waals surface area (Å²) in [4.78, 5) is 20.6. The molecule has 140 valence electrons. The predicted octanol–water partition coefficient (Wildman–Crippen LogP) is 2.70. The van der Waals surface area contributed by atoms with Crippen molar-refractivity contribution in [3.8, 4) is 0 Å². The number of hydrogen-bond acceptors (Lipinski definition) is 5. The highest BCUT2D eigenvalue weighted by molar-refractivity contribution is 5.90. The molecule has 0 atom stereocenters. The SMILES string of the molecule is Cc1cc(N2CCN(Cc3cc(C(N)=O)oc3C(C)(C)C)CC2)ccn1. The quantitative estimate of drug-likeness (QED) is 0.911. The number of nitrogens with zero attached hydrogens (tertiary/aromatic N) is 3. The van der Waals surface area contributed by atoms with Gasteiger partial charge in [-0.1, -0.05) is 20.8 Å². The fourth-order valence-corrected chi connectivity index (χ4v) is 3.43. The predicted molar refractivity (Wildman–Crippen MR) is 102 cm³/mol. The maximum Gasteiger partial charge on any atom is 0.284 e. The molecule has 6 heteroatoms. The van der Waals surface area contributed by atoms with Gasteiger partial charge in [0.05, 0.1) is 0 Å². The number of rotatable bonds is 4. The number of primary amides is 1. The van der Waals surface area contributed by atoms with Gasteiger partial charge in [0.2, 0.25) is 0 Å². The second-order valence-electron chi connectivity index (χ2n) is 8.00. The average Bonchev–Trinajstić information content (AvgIpc) is 3.00. The van der Waals surface area contributed by atoms with Gasteiger partial charge in [-0.2, -0.15) is 0 Å². The van der Waals surface area contributed by atoms with Crippen LogP contribution in [0.25, 0.3) is 0 Å². The molecule has 2 N–H and O–H groups in total. The van der Waals surface area contributed by atoms with E-state index in [1.807, 2.05) is 19.2 Å². The summed E-state index contributed by atoms with van der Waals surface area (Å²) in [5, 5.41) is 0. The molecular weight excluding hydrogens is 328 g/mol. The molecule has 3 heterocycles. The van der Waals surface area contributed by atoms with Crippen molar-refractivity contribution in [3.05, 3.63) is 47.2 Å². The molecule has 2 aromatic rings. The van der Waals surface area contributed by atoms with E-state index in [1.54, 1.807) is 0 Å². The number of amides is 1. The molecule has 26 heavy (non-hydrogen) atoms. The van der Waals surface area contributed by atoms with Crippen LogP contribution in [0.5, 0.6) is 0 Å². The zero-order chi connectivity index (χ0) is 18.9. The van der Waals surface area contributed by atoms with Gasteiger partial charge < -0.3 is 15.1 Å². The summed E-state index contributed by atoms with van der Waals surface area (Å²) >= 11 is 0. The van der Waals surface area contributed by atoms with Gasteiger partial charge in [-0.15, -0.1) is 0 Å². The molecule has 1 saturated heterocycles. The molecule has 2 aromatic heterocycles. The van der Waals surface area contributed by atoms with Crippen molar-refractivity contribution in [2.45, 2.75) is 39.7 Å². The van der Waals surface area contributed by atoms with Crippen molar-refractivity contribution in [2.24, 2.45) is 5.73 Å². The van der Waals surface area contributed by atoms with Gasteiger partial charge in [0, 0.05) is 61.3 Å².